The fourth-order valence-corrected chi connectivity index (χ4v) is 1.20. The van der Waals surface area contributed by atoms with Crippen LogP contribution in [0, 0.1) is 0 Å². The Hall–Kier alpha value is -1.56. The molecule has 0 amide bonds. The maximum Gasteiger partial charge on any atom is 0.169 e. The Balaban J connectivity index is 2.85. The van der Waals surface area contributed by atoms with Crippen LogP contribution in [0.2, 0.25) is 0 Å². The van der Waals surface area contributed by atoms with E-state index in [1.165, 1.54) is 6.33 Å². The van der Waals surface area contributed by atoms with Crippen LogP contribution in [0.1, 0.15) is 41.5 Å². The van der Waals surface area contributed by atoms with Crippen molar-refractivity contribution in [2.24, 2.45) is 0 Å². The zero-order valence-corrected chi connectivity index (χ0v) is 12.0. The van der Waals surface area contributed by atoms with Gasteiger partial charge >= 0.3 is 0 Å². The summed E-state index contributed by atoms with van der Waals surface area (Å²) in [5.41, 5.74) is 12.5. The first-order valence-electron chi connectivity index (χ1n) is 6.00. The van der Waals surface area contributed by atoms with Crippen LogP contribution in [0.15, 0.2) is 6.33 Å². The van der Waals surface area contributed by atoms with Crippen LogP contribution in [0.5, 0.6) is 0 Å². The maximum absolute atomic E-state index is 6.03. The van der Waals surface area contributed by atoms with Gasteiger partial charge in [-0.1, -0.05) is 0 Å². The molecule has 0 spiro atoms. The van der Waals surface area contributed by atoms with Crippen molar-refractivity contribution in [3.05, 3.63) is 6.33 Å². The average Bonchev–Trinajstić information content (AvgIpc) is 2.16. The standard InChI is InChI=1S/C12H24N6/c1-11(2,3)16-9-8(13)10(15-7-14-9)17-18-12(4,5)6/h7,18H,13H2,1-6H3,(H2,14,15,16,17). The molecule has 0 aliphatic rings. The number of nitrogens with two attached hydrogens (primary N) is 1. The molecule has 0 saturated heterocycles. The van der Waals surface area contributed by atoms with Gasteiger partial charge in [0, 0.05) is 11.1 Å². The SMILES string of the molecule is CC(C)(C)NNc1ncnc(NC(C)(C)C)c1N. The lowest BCUT2D eigenvalue weighted by molar-refractivity contribution is 0.464. The van der Waals surface area contributed by atoms with Crippen molar-refractivity contribution in [1.82, 2.24) is 15.4 Å². The minimum atomic E-state index is -0.100. The predicted octanol–water partition coefficient (Wildman–Crippen LogP) is 1.98. The van der Waals surface area contributed by atoms with E-state index in [0.29, 0.717) is 17.3 Å². The normalized spacial score (nSPS) is 12.3. The second kappa shape index (κ2) is 4.97. The maximum atomic E-state index is 6.03. The molecule has 5 N–H and O–H groups in total. The smallest absolute Gasteiger partial charge is 0.169 e. The van der Waals surface area contributed by atoms with Gasteiger partial charge in [0.1, 0.15) is 12.0 Å². The molecule has 0 saturated carbocycles. The molecule has 1 rings (SSSR count). The van der Waals surface area contributed by atoms with Crippen LogP contribution in [0.25, 0.3) is 0 Å². The number of rotatable bonds is 3. The molecule has 102 valence electrons. The molecule has 0 atom stereocenters. The summed E-state index contributed by atoms with van der Waals surface area (Å²) in [6.45, 7) is 12.3. The first-order valence-corrected chi connectivity index (χ1v) is 6.00. The highest BCUT2D eigenvalue weighted by Crippen LogP contribution is 2.24. The highest BCUT2D eigenvalue weighted by molar-refractivity contribution is 5.74. The summed E-state index contributed by atoms with van der Waals surface area (Å²) < 4.78 is 0. The number of hydrazine groups is 1. The van der Waals surface area contributed by atoms with Gasteiger partial charge in [-0.25, -0.2) is 15.4 Å². The van der Waals surface area contributed by atoms with Crippen LogP contribution in [0.4, 0.5) is 17.3 Å². The van der Waals surface area contributed by atoms with Gasteiger partial charge in [-0.05, 0) is 41.5 Å². The lowest BCUT2D eigenvalue weighted by Crippen LogP contribution is -2.40. The van der Waals surface area contributed by atoms with Gasteiger partial charge in [-0.3, -0.25) is 0 Å². The van der Waals surface area contributed by atoms with Crippen LogP contribution in [0.3, 0.4) is 0 Å². The number of anilines is 3. The van der Waals surface area contributed by atoms with Crippen molar-refractivity contribution in [2.45, 2.75) is 52.6 Å². The fraction of sp³-hybridized carbons (Fsp3) is 0.667. The van der Waals surface area contributed by atoms with E-state index in [9.17, 15) is 0 Å². The highest BCUT2D eigenvalue weighted by Gasteiger charge is 2.16. The van der Waals surface area contributed by atoms with Crippen molar-refractivity contribution in [3.63, 3.8) is 0 Å². The Bertz CT molecular complexity index is 402. The van der Waals surface area contributed by atoms with Crippen molar-refractivity contribution in [2.75, 3.05) is 16.5 Å². The molecule has 18 heavy (non-hydrogen) atoms. The van der Waals surface area contributed by atoms with Gasteiger partial charge in [-0.15, -0.1) is 0 Å². The zero-order chi connectivity index (χ0) is 14.0. The van der Waals surface area contributed by atoms with Crippen LogP contribution >= 0.6 is 0 Å². The Labute approximate surface area is 109 Å². The van der Waals surface area contributed by atoms with Crippen molar-refractivity contribution in [3.8, 4) is 0 Å². The molecular weight excluding hydrogens is 228 g/mol. The summed E-state index contributed by atoms with van der Waals surface area (Å²) in [7, 11) is 0. The molecule has 1 aromatic heterocycles. The second-order valence-electron chi connectivity index (χ2n) is 6.36. The number of nitrogen functional groups attached to an aromatic ring is 1. The molecule has 0 aliphatic carbocycles. The van der Waals surface area contributed by atoms with E-state index in [4.69, 9.17) is 5.73 Å². The van der Waals surface area contributed by atoms with Gasteiger partial charge in [0.25, 0.3) is 0 Å². The van der Waals surface area contributed by atoms with Crippen molar-refractivity contribution < 1.29 is 0 Å². The molecule has 0 aromatic carbocycles. The highest BCUT2D eigenvalue weighted by atomic mass is 15.4. The van der Waals surface area contributed by atoms with Crippen molar-refractivity contribution >= 4 is 17.3 Å². The van der Waals surface area contributed by atoms with Gasteiger partial charge in [0.2, 0.25) is 0 Å². The number of hydrogen-bond donors (Lipinski definition) is 4. The van der Waals surface area contributed by atoms with Crippen LogP contribution in [-0.4, -0.2) is 21.0 Å². The molecule has 1 aromatic rings. The Morgan fingerprint density at radius 1 is 0.944 bits per heavy atom. The van der Waals surface area contributed by atoms with E-state index in [0.717, 1.165) is 0 Å². The minimum absolute atomic E-state index is 0.0744. The third-order valence-corrected chi connectivity index (χ3v) is 1.93. The van der Waals surface area contributed by atoms with E-state index in [-0.39, 0.29) is 11.1 Å². The van der Waals surface area contributed by atoms with Gasteiger partial charge < -0.3 is 16.5 Å². The summed E-state index contributed by atoms with van der Waals surface area (Å²) >= 11 is 0. The first kappa shape index (κ1) is 14.5. The minimum Gasteiger partial charge on any atom is -0.393 e. The zero-order valence-electron chi connectivity index (χ0n) is 12.0. The van der Waals surface area contributed by atoms with Crippen molar-refractivity contribution in [1.29, 1.82) is 0 Å². The van der Waals surface area contributed by atoms with E-state index in [1.54, 1.807) is 0 Å². The third-order valence-electron chi connectivity index (χ3n) is 1.93. The summed E-state index contributed by atoms with van der Waals surface area (Å²) in [4.78, 5) is 8.28. The second-order valence-corrected chi connectivity index (χ2v) is 6.36. The molecule has 0 bridgehead atoms. The summed E-state index contributed by atoms with van der Waals surface area (Å²) in [6, 6.07) is 0. The topological polar surface area (TPSA) is 87.9 Å². The lowest BCUT2D eigenvalue weighted by Gasteiger charge is -2.24. The van der Waals surface area contributed by atoms with E-state index in [1.807, 2.05) is 20.8 Å². The number of nitrogens with zero attached hydrogens (tertiary/aromatic N) is 2. The van der Waals surface area contributed by atoms with E-state index >= 15 is 0 Å². The largest absolute Gasteiger partial charge is 0.393 e. The van der Waals surface area contributed by atoms with Gasteiger partial charge in [-0.2, -0.15) is 0 Å². The summed E-state index contributed by atoms with van der Waals surface area (Å²) in [6.07, 6.45) is 1.48. The molecule has 0 radical (unpaired) electrons. The molecule has 6 heteroatoms. The van der Waals surface area contributed by atoms with E-state index in [2.05, 4.69) is 46.9 Å². The third kappa shape index (κ3) is 4.75. The Morgan fingerprint density at radius 3 is 2.00 bits per heavy atom. The Kier molecular flexibility index (Phi) is 4.01. The number of nitrogens with one attached hydrogen (secondary N) is 3. The molecule has 0 aliphatic heterocycles. The predicted molar refractivity (Wildman–Crippen MR) is 76.3 cm³/mol. The molecule has 0 unspecified atom stereocenters. The molecular formula is C12H24N6. The number of aromatic nitrogens is 2. The van der Waals surface area contributed by atoms with Crippen LogP contribution in [-0.2, 0) is 0 Å². The summed E-state index contributed by atoms with van der Waals surface area (Å²) in [5, 5.41) is 3.24. The molecule has 1 heterocycles. The lowest BCUT2D eigenvalue weighted by atomic mass is 10.1. The van der Waals surface area contributed by atoms with Crippen LogP contribution < -0.4 is 21.9 Å². The average molecular weight is 252 g/mol. The fourth-order valence-electron chi connectivity index (χ4n) is 1.20. The van der Waals surface area contributed by atoms with E-state index < -0.39 is 0 Å². The molecule has 6 nitrogen and oxygen atoms in total. The quantitative estimate of drug-likeness (QED) is 0.615. The monoisotopic (exact) mass is 252 g/mol. The molecule has 0 fully saturated rings. The Morgan fingerprint density at radius 2 is 1.50 bits per heavy atom. The first-order chi connectivity index (χ1) is 8.08. The summed E-state index contributed by atoms with van der Waals surface area (Å²) in [5.74, 6) is 1.21. The number of hydrogen-bond acceptors (Lipinski definition) is 6. The van der Waals surface area contributed by atoms with Gasteiger partial charge in [0.05, 0.1) is 0 Å². The van der Waals surface area contributed by atoms with Gasteiger partial charge in [0.15, 0.2) is 11.6 Å².